The fourth-order valence-corrected chi connectivity index (χ4v) is 2.38. The highest BCUT2D eigenvalue weighted by Gasteiger charge is 2.29. The monoisotopic (exact) mass is 347 g/mol. The van der Waals surface area contributed by atoms with Crippen LogP contribution >= 0.6 is 0 Å². The van der Waals surface area contributed by atoms with E-state index >= 15 is 0 Å². The minimum absolute atomic E-state index is 0.145. The van der Waals surface area contributed by atoms with E-state index in [1.165, 1.54) is 7.11 Å². The molecule has 3 heterocycles. The van der Waals surface area contributed by atoms with Crippen molar-refractivity contribution in [2.45, 2.75) is 25.9 Å². The van der Waals surface area contributed by atoms with Crippen LogP contribution in [-0.2, 0) is 4.74 Å². The van der Waals surface area contributed by atoms with Crippen LogP contribution in [0, 0.1) is 0 Å². The Morgan fingerprint density at radius 1 is 1.44 bits per heavy atom. The lowest BCUT2D eigenvalue weighted by Crippen LogP contribution is -2.44. The first-order chi connectivity index (χ1) is 12.1. The molecular weight excluding hydrogens is 326 g/mol. The molecule has 1 atom stereocenters. The maximum Gasteiger partial charge on any atom is 0.322 e. The number of anilines is 1. The van der Waals surface area contributed by atoms with Crippen LogP contribution in [0.15, 0.2) is 22.9 Å². The number of pyridine rings is 1. The minimum Gasteiger partial charge on any atom is -0.481 e. The zero-order chi connectivity index (χ0) is 17.8. The number of carbonyl (C=O) groups excluding carboxylic acids is 1. The van der Waals surface area contributed by atoms with Gasteiger partial charge in [-0.05, 0) is 6.07 Å². The number of aromatic nitrogens is 3. The van der Waals surface area contributed by atoms with Crippen molar-refractivity contribution in [2.24, 2.45) is 0 Å². The molecule has 1 aliphatic heterocycles. The molecule has 1 saturated heterocycles. The number of rotatable bonds is 4. The van der Waals surface area contributed by atoms with Crippen molar-refractivity contribution >= 4 is 11.7 Å². The Balaban J connectivity index is 1.62. The average molecular weight is 347 g/mol. The third-order valence-corrected chi connectivity index (χ3v) is 3.79. The number of methoxy groups -OCH3 is 1. The summed E-state index contributed by atoms with van der Waals surface area (Å²) in [4.78, 5) is 22.5. The SMILES string of the molecule is COc1ccc(NC(=O)N2CCO[C@H](c3noc(C(C)C)n3)C2)cn1. The van der Waals surface area contributed by atoms with E-state index in [0.717, 1.165) is 0 Å². The largest absolute Gasteiger partial charge is 0.481 e. The molecule has 0 aromatic carbocycles. The Kier molecular flexibility index (Phi) is 5.13. The van der Waals surface area contributed by atoms with Crippen LogP contribution in [-0.4, -0.2) is 52.9 Å². The predicted molar refractivity (Wildman–Crippen MR) is 88.5 cm³/mol. The molecule has 2 aromatic rings. The number of ether oxygens (including phenoxy) is 2. The summed E-state index contributed by atoms with van der Waals surface area (Å²) in [5.41, 5.74) is 0.593. The maximum atomic E-state index is 12.4. The highest BCUT2D eigenvalue weighted by Crippen LogP contribution is 2.22. The highest BCUT2D eigenvalue weighted by molar-refractivity contribution is 5.89. The van der Waals surface area contributed by atoms with Crippen molar-refractivity contribution in [3.8, 4) is 5.88 Å². The minimum atomic E-state index is -0.398. The topological polar surface area (TPSA) is 103 Å². The molecule has 2 amide bonds. The van der Waals surface area contributed by atoms with E-state index in [9.17, 15) is 4.79 Å². The number of amides is 2. The number of nitrogens with one attached hydrogen (secondary N) is 1. The highest BCUT2D eigenvalue weighted by atomic mass is 16.5. The molecule has 0 spiro atoms. The Labute approximate surface area is 145 Å². The standard InChI is InChI=1S/C16H21N5O4/c1-10(2)15-19-14(20-25-15)12-9-21(6-7-24-12)16(22)18-11-4-5-13(23-3)17-8-11/h4-5,8,10,12H,6-7,9H2,1-3H3,(H,18,22)/t12-/m0/s1. The molecule has 0 aliphatic carbocycles. The molecule has 25 heavy (non-hydrogen) atoms. The van der Waals surface area contributed by atoms with Gasteiger partial charge in [0, 0.05) is 18.5 Å². The van der Waals surface area contributed by atoms with Gasteiger partial charge in [0.2, 0.25) is 17.6 Å². The molecule has 134 valence electrons. The quantitative estimate of drug-likeness (QED) is 0.904. The zero-order valence-corrected chi connectivity index (χ0v) is 14.4. The van der Waals surface area contributed by atoms with Crippen LogP contribution in [0.5, 0.6) is 5.88 Å². The molecule has 0 saturated carbocycles. The van der Waals surface area contributed by atoms with E-state index in [0.29, 0.717) is 43.0 Å². The summed E-state index contributed by atoms with van der Waals surface area (Å²) >= 11 is 0. The van der Waals surface area contributed by atoms with Gasteiger partial charge in [-0.2, -0.15) is 4.98 Å². The summed E-state index contributed by atoms with van der Waals surface area (Å²) in [6.45, 7) is 5.20. The second-order valence-corrected chi connectivity index (χ2v) is 5.97. The number of hydrogen-bond donors (Lipinski definition) is 1. The lowest BCUT2D eigenvalue weighted by molar-refractivity contribution is -0.0190. The van der Waals surface area contributed by atoms with Crippen LogP contribution in [0.3, 0.4) is 0 Å². The second-order valence-electron chi connectivity index (χ2n) is 5.97. The predicted octanol–water partition coefficient (Wildman–Crippen LogP) is 2.20. The third kappa shape index (κ3) is 4.05. The van der Waals surface area contributed by atoms with Gasteiger partial charge in [-0.3, -0.25) is 0 Å². The third-order valence-electron chi connectivity index (χ3n) is 3.79. The average Bonchev–Trinajstić information content (AvgIpc) is 3.13. The van der Waals surface area contributed by atoms with Crippen LogP contribution in [0.4, 0.5) is 10.5 Å². The molecule has 0 radical (unpaired) electrons. The Morgan fingerprint density at radius 2 is 2.28 bits per heavy atom. The molecule has 9 heteroatoms. The molecule has 1 fully saturated rings. The van der Waals surface area contributed by atoms with Gasteiger partial charge in [-0.15, -0.1) is 0 Å². The Hall–Kier alpha value is -2.68. The van der Waals surface area contributed by atoms with E-state index in [2.05, 4.69) is 20.4 Å². The number of carbonyl (C=O) groups is 1. The number of hydrogen-bond acceptors (Lipinski definition) is 7. The van der Waals surface area contributed by atoms with Gasteiger partial charge in [0.25, 0.3) is 0 Å². The molecule has 2 aromatic heterocycles. The van der Waals surface area contributed by atoms with Crippen LogP contribution < -0.4 is 10.1 Å². The summed E-state index contributed by atoms with van der Waals surface area (Å²) in [6.07, 6.45) is 1.15. The van der Waals surface area contributed by atoms with Gasteiger partial charge in [0.1, 0.15) is 6.10 Å². The molecule has 9 nitrogen and oxygen atoms in total. The maximum absolute atomic E-state index is 12.4. The van der Waals surface area contributed by atoms with Crippen molar-refractivity contribution in [1.29, 1.82) is 0 Å². The lowest BCUT2D eigenvalue weighted by atomic mass is 10.2. The van der Waals surface area contributed by atoms with Crippen molar-refractivity contribution in [3.63, 3.8) is 0 Å². The Bertz CT molecular complexity index is 716. The number of morpholine rings is 1. The van der Waals surface area contributed by atoms with E-state index < -0.39 is 6.10 Å². The second kappa shape index (κ2) is 7.47. The zero-order valence-electron chi connectivity index (χ0n) is 14.4. The molecule has 0 bridgehead atoms. The number of nitrogens with zero attached hydrogens (tertiary/aromatic N) is 4. The molecule has 3 rings (SSSR count). The lowest BCUT2D eigenvalue weighted by Gasteiger charge is -2.31. The van der Waals surface area contributed by atoms with Crippen molar-refractivity contribution < 1.29 is 18.8 Å². The van der Waals surface area contributed by atoms with Gasteiger partial charge in [0.05, 0.1) is 32.1 Å². The van der Waals surface area contributed by atoms with E-state index in [4.69, 9.17) is 14.0 Å². The molecule has 1 aliphatic rings. The van der Waals surface area contributed by atoms with E-state index in [1.54, 1.807) is 23.2 Å². The first-order valence-electron chi connectivity index (χ1n) is 8.08. The summed E-state index contributed by atoms with van der Waals surface area (Å²) in [5, 5.41) is 6.77. The van der Waals surface area contributed by atoms with E-state index in [-0.39, 0.29) is 11.9 Å². The van der Waals surface area contributed by atoms with Gasteiger partial charge in [-0.25, -0.2) is 9.78 Å². The van der Waals surface area contributed by atoms with Gasteiger partial charge in [0.15, 0.2) is 0 Å². The van der Waals surface area contributed by atoms with Crippen molar-refractivity contribution in [1.82, 2.24) is 20.0 Å². The molecule has 1 N–H and O–H groups in total. The van der Waals surface area contributed by atoms with Gasteiger partial charge < -0.3 is 24.2 Å². The van der Waals surface area contributed by atoms with Gasteiger partial charge >= 0.3 is 6.03 Å². The summed E-state index contributed by atoms with van der Waals surface area (Å²) in [6, 6.07) is 3.19. The summed E-state index contributed by atoms with van der Waals surface area (Å²) in [7, 11) is 1.54. The normalized spacial score (nSPS) is 17.6. The van der Waals surface area contributed by atoms with E-state index in [1.807, 2.05) is 13.8 Å². The first-order valence-corrected chi connectivity index (χ1v) is 8.08. The Morgan fingerprint density at radius 3 is 2.92 bits per heavy atom. The summed E-state index contributed by atoms with van der Waals surface area (Å²) < 4.78 is 15.9. The fourth-order valence-electron chi connectivity index (χ4n) is 2.38. The smallest absolute Gasteiger partial charge is 0.322 e. The molecular formula is C16H21N5O4. The summed E-state index contributed by atoms with van der Waals surface area (Å²) in [5.74, 6) is 1.66. The number of urea groups is 1. The van der Waals surface area contributed by atoms with Crippen LogP contribution in [0.2, 0.25) is 0 Å². The van der Waals surface area contributed by atoms with Crippen molar-refractivity contribution in [2.75, 3.05) is 32.1 Å². The van der Waals surface area contributed by atoms with Crippen LogP contribution in [0.1, 0.15) is 37.6 Å². The first kappa shape index (κ1) is 17.2. The van der Waals surface area contributed by atoms with Gasteiger partial charge in [-0.1, -0.05) is 19.0 Å². The fraction of sp³-hybridized carbons (Fsp3) is 0.500. The molecule has 0 unspecified atom stereocenters. The van der Waals surface area contributed by atoms with Crippen molar-refractivity contribution in [3.05, 3.63) is 30.0 Å². The van der Waals surface area contributed by atoms with Crippen LogP contribution in [0.25, 0.3) is 0 Å².